The maximum absolute atomic E-state index is 12.1. The smallest absolute Gasteiger partial charge is 0.285 e. The number of aryl methyl sites for hydroxylation is 1. The lowest BCUT2D eigenvalue weighted by Crippen LogP contribution is -2.32. The van der Waals surface area contributed by atoms with Crippen LogP contribution in [0.4, 0.5) is 5.69 Å². The Morgan fingerprint density at radius 2 is 2.00 bits per heavy atom. The lowest BCUT2D eigenvalue weighted by atomic mass is 10.1. The van der Waals surface area contributed by atoms with Gasteiger partial charge in [-0.1, -0.05) is 0 Å². The van der Waals surface area contributed by atoms with Crippen LogP contribution < -0.4 is 15.6 Å². The number of nitrogens with zero attached hydrogens (tertiary/aromatic N) is 3. The molecular formula is C16H16N4O3. The first-order valence-electron chi connectivity index (χ1n) is 6.88. The molecule has 0 saturated carbocycles. The highest BCUT2D eigenvalue weighted by Gasteiger charge is 2.14. The molecule has 0 spiro atoms. The van der Waals surface area contributed by atoms with Gasteiger partial charge in [0.15, 0.2) is 0 Å². The average molecular weight is 312 g/mol. The number of carbonyl (C=O) groups is 1. The molecule has 1 amide bonds. The summed E-state index contributed by atoms with van der Waals surface area (Å²) in [5.74, 6) is 0.269. The number of hydrogen-bond donors (Lipinski definition) is 1. The maximum atomic E-state index is 12.1. The van der Waals surface area contributed by atoms with E-state index in [0.717, 1.165) is 4.68 Å². The minimum absolute atomic E-state index is 0.00903. The summed E-state index contributed by atoms with van der Waals surface area (Å²) < 4.78 is 6.04. The summed E-state index contributed by atoms with van der Waals surface area (Å²) in [4.78, 5) is 24.2. The van der Waals surface area contributed by atoms with Gasteiger partial charge >= 0.3 is 0 Å². The zero-order valence-corrected chi connectivity index (χ0v) is 13.1. The fraction of sp³-hybridized carbons (Fsp3) is 0.250. The number of ether oxygens (including phenoxy) is 1. The van der Waals surface area contributed by atoms with Crippen LogP contribution in [0.2, 0.25) is 0 Å². The molecule has 0 bridgehead atoms. The van der Waals surface area contributed by atoms with Gasteiger partial charge in [-0.05, 0) is 43.7 Å². The Bertz CT molecular complexity index is 832. The molecule has 2 aromatic rings. The Kier molecular flexibility index (Phi) is 4.76. The molecule has 0 unspecified atom stereocenters. The van der Waals surface area contributed by atoms with Crippen molar-refractivity contribution >= 4 is 11.6 Å². The van der Waals surface area contributed by atoms with Gasteiger partial charge in [0.05, 0.1) is 12.8 Å². The van der Waals surface area contributed by atoms with E-state index in [1.54, 1.807) is 45.2 Å². The zero-order chi connectivity index (χ0) is 17.0. The summed E-state index contributed by atoms with van der Waals surface area (Å²) in [6, 6.07) is 8.66. The van der Waals surface area contributed by atoms with Crippen molar-refractivity contribution < 1.29 is 9.53 Å². The second kappa shape index (κ2) is 6.75. The van der Waals surface area contributed by atoms with Crippen LogP contribution in [-0.2, 0) is 11.3 Å². The molecule has 0 aliphatic heterocycles. The predicted octanol–water partition coefficient (Wildman–Crippen LogP) is 1.38. The third kappa shape index (κ3) is 3.55. The summed E-state index contributed by atoms with van der Waals surface area (Å²) in [5.41, 5.74) is 1.09. The molecule has 0 atom stereocenters. The molecule has 1 N–H and O–H groups in total. The summed E-state index contributed by atoms with van der Waals surface area (Å²) in [7, 11) is 1.55. The van der Waals surface area contributed by atoms with E-state index < -0.39 is 11.5 Å². The summed E-state index contributed by atoms with van der Waals surface area (Å²) in [6.07, 6.45) is 0. The Balaban J connectivity index is 2.19. The lowest BCUT2D eigenvalue weighted by molar-refractivity contribution is -0.117. The van der Waals surface area contributed by atoms with Gasteiger partial charge in [0, 0.05) is 5.69 Å². The number of anilines is 1. The van der Waals surface area contributed by atoms with E-state index in [9.17, 15) is 9.59 Å². The second-order valence-corrected chi connectivity index (χ2v) is 4.94. The van der Waals surface area contributed by atoms with E-state index in [4.69, 9.17) is 10.00 Å². The van der Waals surface area contributed by atoms with Crippen molar-refractivity contribution in [2.45, 2.75) is 20.4 Å². The molecule has 1 heterocycles. The topological polar surface area (TPSA) is 97.0 Å². The Hall–Kier alpha value is -3.14. The number of rotatable bonds is 4. The molecule has 118 valence electrons. The van der Waals surface area contributed by atoms with Gasteiger partial charge in [0.2, 0.25) is 5.91 Å². The van der Waals surface area contributed by atoms with E-state index >= 15 is 0 Å². The highest BCUT2D eigenvalue weighted by molar-refractivity contribution is 5.90. The first kappa shape index (κ1) is 16.2. The van der Waals surface area contributed by atoms with Crippen molar-refractivity contribution in [3.8, 4) is 11.8 Å². The van der Waals surface area contributed by atoms with Crippen LogP contribution in [0.3, 0.4) is 0 Å². The number of aromatic nitrogens is 2. The first-order valence-corrected chi connectivity index (χ1v) is 6.88. The van der Waals surface area contributed by atoms with Crippen molar-refractivity contribution in [3.05, 3.63) is 51.4 Å². The highest BCUT2D eigenvalue weighted by atomic mass is 16.5. The number of hydrogen-bond acceptors (Lipinski definition) is 5. The van der Waals surface area contributed by atoms with Crippen LogP contribution in [0.5, 0.6) is 5.75 Å². The standard InChI is InChI=1S/C16H16N4O3/c1-10-11(2)19-20(16(22)14(10)8-17)9-15(21)18-12-4-6-13(23-3)7-5-12/h4-7H,9H2,1-3H3,(H,18,21). The van der Waals surface area contributed by atoms with Crippen LogP contribution in [0.1, 0.15) is 16.8 Å². The van der Waals surface area contributed by atoms with Crippen molar-refractivity contribution in [1.29, 1.82) is 5.26 Å². The SMILES string of the molecule is COc1ccc(NC(=O)Cn2nc(C)c(C)c(C#N)c2=O)cc1. The largest absolute Gasteiger partial charge is 0.497 e. The molecular weight excluding hydrogens is 296 g/mol. The van der Waals surface area contributed by atoms with Gasteiger partial charge in [0.1, 0.15) is 23.9 Å². The maximum Gasteiger partial charge on any atom is 0.285 e. The Labute approximate surface area is 133 Å². The van der Waals surface area contributed by atoms with Crippen LogP contribution in [0.15, 0.2) is 29.1 Å². The molecule has 7 nitrogen and oxygen atoms in total. The third-order valence-electron chi connectivity index (χ3n) is 3.42. The van der Waals surface area contributed by atoms with E-state index in [2.05, 4.69) is 10.4 Å². The van der Waals surface area contributed by atoms with E-state index in [-0.39, 0.29) is 12.1 Å². The Morgan fingerprint density at radius 1 is 1.35 bits per heavy atom. The van der Waals surface area contributed by atoms with Gasteiger partial charge in [0.25, 0.3) is 5.56 Å². The quantitative estimate of drug-likeness (QED) is 0.920. The van der Waals surface area contributed by atoms with E-state index in [0.29, 0.717) is 22.7 Å². The summed E-state index contributed by atoms with van der Waals surface area (Å²) >= 11 is 0. The molecule has 1 aromatic heterocycles. The number of benzene rings is 1. The summed E-state index contributed by atoms with van der Waals surface area (Å²) in [6.45, 7) is 3.08. The second-order valence-electron chi connectivity index (χ2n) is 4.94. The van der Waals surface area contributed by atoms with Gasteiger partial charge in [-0.15, -0.1) is 0 Å². The molecule has 23 heavy (non-hydrogen) atoms. The number of nitriles is 1. The number of methoxy groups -OCH3 is 1. The van der Waals surface area contributed by atoms with Gasteiger partial charge in [-0.2, -0.15) is 10.4 Å². The molecule has 7 heteroatoms. The van der Waals surface area contributed by atoms with E-state index in [1.807, 2.05) is 6.07 Å². The normalized spacial score (nSPS) is 10.0. The first-order chi connectivity index (χ1) is 11.0. The highest BCUT2D eigenvalue weighted by Crippen LogP contribution is 2.14. The monoisotopic (exact) mass is 312 g/mol. The molecule has 0 fully saturated rings. The van der Waals surface area contributed by atoms with E-state index in [1.165, 1.54) is 0 Å². The Morgan fingerprint density at radius 3 is 2.57 bits per heavy atom. The zero-order valence-electron chi connectivity index (χ0n) is 13.1. The van der Waals surface area contributed by atoms with Crippen molar-refractivity contribution in [3.63, 3.8) is 0 Å². The lowest BCUT2D eigenvalue weighted by Gasteiger charge is -2.10. The fourth-order valence-electron chi connectivity index (χ4n) is 2.02. The van der Waals surface area contributed by atoms with Crippen LogP contribution in [0.25, 0.3) is 0 Å². The van der Waals surface area contributed by atoms with Crippen LogP contribution in [-0.4, -0.2) is 22.8 Å². The average Bonchev–Trinajstić information content (AvgIpc) is 2.54. The summed E-state index contributed by atoms with van der Waals surface area (Å²) in [5, 5.41) is 15.8. The van der Waals surface area contributed by atoms with Crippen molar-refractivity contribution in [2.24, 2.45) is 0 Å². The van der Waals surface area contributed by atoms with Crippen LogP contribution >= 0.6 is 0 Å². The third-order valence-corrected chi connectivity index (χ3v) is 3.42. The molecule has 0 saturated heterocycles. The van der Waals surface area contributed by atoms with Gasteiger partial charge in [-0.3, -0.25) is 9.59 Å². The molecule has 0 aliphatic carbocycles. The molecule has 2 rings (SSSR count). The number of nitrogens with one attached hydrogen (secondary N) is 1. The molecule has 0 aliphatic rings. The van der Waals surface area contributed by atoms with Gasteiger partial charge < -0.3 is 10.1 Å². The number of carbonyl (C=O) groups excluding carboxylic acids is 1. The van der Waals surface area contributed by atoms with Crippen LogP contribution in [0, 0.1) is 25.2 Å². The van der Waals surface area contributed by atoms with Crippen molar-refractivity contribution in [1.82, 2.24) is 9.78 Å². The van der Waals surface area contributed by atoms with Crippen molar-refractivity contribution in [2.75, 3.05) is 12.4 Å². The minimum atomic E-state index is -0.569. The predicted molar refractivity (Wildman–Crippen MR) is 84.3 cm³/mol. The molecule has 1 aromatic carbocycles. The molecule has 0 radical (unpaired) electrons. The minimum Gasteiger partial charge on any atom is -0.497 e. The number of amides is 1. The fourth-order valence-corrected chi connectivity index (χ4v) is 2.02. The van der Waals surface area contributed by atoms with Gasteiger partial charge in [-0.25, -0.2) is 4.68 Å².